The Kier molecular flexibility index (Phi) is 2.17. The molecule has 5 aliphatic carbocycles. The molecule has 1 spiro atoms. The van der Waals surface area contributed by atoms with Crippen LogP contribution in [0, 0.1) is 23.7 Å². The molecule has 7 rings (SSSR count). The first kappa shape index (κ1) is 12.4. The first-order chi connectivity index (χ1) is 10.8. The van der Waals surface area contributed by atoms with E-state index >= 15 is 0 Å². The lowest BCUT2D eigenvalue weighted by molar-refractivity contribution is 0.190. The molecule has 110 valence electrons. The Labute approximate surface area is 140 Å². The maximum atomic E-state index is 3.75. The summed E-state index contributed by atoms with van der Waals surface area (Å²) in [5, 5.41) is 0. The van der Waals surface area contributed by atoms with Gasteiger partial charge in [-0.25, -0.2) is 0 Å². The van der Waals surface area contributed by atoms with Crippen molar-refractivity contribution in [1.29, 1.82) is 0 Å². The quantitative estimate of drug-likeness (QED) is 0.564. The van der Waals surface area contributed by atoms with Gasteiger partial charge in [-0.05, 0) is 83.7 Å². The summed E-state index contributed by atoms with van der Waals surface area (Å²) in [7, 11) is 0. The lowest BCUT2D eigenvalue weighted by atomic mass is 9.59. The van der Waals surface area contributed by atoms with E-state index in [0.29, 0.717) is 5.41 Å². The Morgan fingerprint density at radius 2 is 1.73 bits per heavy atom. The summed E-state index contributed by atoms with van der Waals surface area (Å²) < 4.78 is 1.25. The average Bonchev–Trinajstić information content (AvgIpc) is 3.06. The fraction of sp³-hybridized carbons (Fsp3) is 0.429. The zero-order valence-corrected chi connectivity index (χ0v) is 14.1. The molecule has 4 bridgehead atoms. The van der Waals surface area contributed by atoms with E-state index in [0.717, 1.165) is 23.7 Å². The Hall–Kier alpha value is -1.08. The molecule has 5 atom stereocenters. The maximum absolute atomic E-state index is 3.75. The smallest absolute Gasteiger partial charge is 0.0274 e. The molecule has 0 amide bonds. The van der Waals surface area contributed by atoms with E-state index in [9.17, 15) is 0 Å². The van der Waals surface area contributed by atoms with Crippen molar-refractivity contribution in [1.82, 2.24) is 0 Å². The highest BCUT2D eigenvalue weighted by molar-refractivity contribution is 9.10. The molecule has 0 saturated heterocycles. The molecular weight excluding hydrogens is 332 g/mol. The van der Waals surface area contributed by atoms with E-state index in [1.54, 1.807) is 11.1 Å². The minimum absolute atomic E-state index is 0.341. The van der Waals surface area contributed by atoms with Crippen LogP contribution in [0.4, 0.5) is 0 Å². The van der Waals surface area contributed by atoms with Crippen LogP contribution in [0.5, 0.6) is 0 Å². The normalized spacial score (nSPS) is 39.5. The highest BCUT2D eigenvalue weighted by atomic mass is 79.9. The second-order valence-corrected chi connectivity index (χ2v) is 8.89. The number of fused-ring (bicyclic) bond motifs is 3. The van der Waals surface area contributed by atoms with E-state index in [4.69, 9.17) is 0 Å². The molecule has 5 unspecified atom stereocenters. The van der Waals surface area contributed by atoms with Crippen LogP contribution in [-0.2, 0) is 5.41 Å². The molecule has 2 aromatic rings. The number of halogens is 1. The van der Waals surface area contributed by atoms with Gasteiger partial charge in [0.25, 0.3) is 0 Å². The summed E-state index contributed by atoms with van der Waals surface area (Å²) in [5.41, 5.74) is 6.66. The molecule has 0 radical (unpaired) electrons. The van der Waals surface area contributed by atoms with Crippen molar-refractivity contribution in [3.63, 3.8) is 0 Å². The molecule has 2 aromatic carbocycles. The van der Waals surface area contributed by atoms with Crippen molar-refractivity contribution in [3.8, 4) is 11.1 Å². The van der Waals surface area contributed by atoms with Crippen molar-refractivity contribution in [2.24, 2.45) is 23.7 Å². The van der Waals surface area contributed by atoms with Gasteiger partial charge in [-0.1, -0.05) is 46.3 Å². The molecule has 5 aliphatic rings. The second kappa shape index (κ2) is 3.87. The standard InChI is InChI=1S/C21H19Br/c22-15-5-6-17-16-3-1-2-4-18(16)21(20(17)11-15)14-8-12-7-13(10-14)19(21)9-12/h1-6,11-14,19H,7-10H2. The van der Waals surface area contributed by atoms with E-state index in [2.05, 4.69) is 58.4 Å². The molecule has 1 heteroatoms. The minimum atomic E-state index is 0.341. The molecular formula is C21H19Br. The minimum Gasteiger partial charge on any atom is -0.0619 e. The number of benzene rings is 2. The lowest BCUT2D eigenvalue weighted by Gasteiger charge is -2.43. The Bertz CT molecular complexity index is 803. The fourth-order valence-corrected chi connectivity index (χ4v) is 7.31. The summed E-state index contributed by atoms with van der Waals surface area (Å²) in [6, 6.07) is 16.3. The van der Waals surface area contributed by atoms with Gasteiger partial charge in [-0.15, -0.1) is 0 Å². The third-order valence-corrected chi connectivity index (χ3v) is 7.81. The first-order valence-electron chi connectivity index (χ1n) is 8.68. The topological polar surface area (TPSA) is 0 Å². The second-order valence-electron chi connectivity index (χ2n) is 7.98. The van der Waals surface area contributed by atoms with Gasteiger partial charge in [-0.2, -0.15) is 0 Å². The van der Waals surface area contributed by atoms with Crippen LogP contribution in [0.15, 0.2) is 46.9 Å². The number of hydrogen-bond acceptors (Lipinski definition) is 0. The van der Waals surface area contributed by atoms with Gasteiger partial charge in [0, 0.05) is 9.89 Å². The Morgan fingerprint density at radius 1 is 0.864 bits per heavy atom. The zero-order chi connectivity index (χ0) is 14.5. The van der Waals surface area contributed by atoms with Crippen LogP contribution in [-0.4, -0.2) is 0 Å². The van der Waals surface area contributed by atoms with Crippen LogP contribution in [0.2, 0.25) is 0 Å². The first-order valence-corrected chi connectivity index (χ1v) is 9.47. The van der Waals surface area contributed by atoms with Gasteiger partial charge in [-0.3, -0.25) is 0 Å². The SMILES string of the molecule is Brc1ccc2c(c1)C1(c3ccccc3-2)C2CC3CC(C2)C1C3. The largest absolute Gasteiger partial charge is 0.0619 e. The van der Waals surface area contributed by atoms with E-state index in [1.807, 2.05) is 0 Å². The van der Waals surface area contributed by atoms with Gasteiger partial charge < -0.3 is 0 Å². The molecule has 0 heterocycles. The summed E-state index contributed by atoms with van der Waals surface area (Å²) in [6.45, 7) is 0. The van der Waals surface area contributed by atoms with Crippen molar-refractivity contribution in [3.05, 3.63) is 58.1 Å². The third-order valence-electron chi connectivity index (χ3n) is 7.32. The van der Waals surface area contributed by atoms with Gasteiger partial charge in [0.05, 0.1) is 0 Å². The van der Waals surface area contributed by atoms with Crippen LogP contribution in [0.25, 0.3) is 11.1 Å². The maximum Gasteiger partial charge on any atom is 0.0274 e. The van der Waals surface area contributed by atoms with Crippen LogP contribution in [0.1, 0.15) is 36.8 Å². The van der Waals surface area contributed by atoms with E-state index in [-0.39, 0.29) is 0 Å². The van der Waals surface area contributed by atoms with Crippen molar-refractivity contribution < 1.29 is 0 Å². The molecule has 4 fully saturated rings. The van der Waals surface area contributed by atoms with Crippen LogP contribution in [0.3, 0.4) is 0 Å². The highest BCUT2D eigenvalue weighted by Crippen LogP contribution is 2.72. The summed E-state index contributed by atoms with van der Waals surface area (Å²) in [6.07, 6.45) is 5.92. The van der Waals surface area contributed by atoms with Gasteiger partial charge >= 0.3 is 0 Å². The molecule has 0 aliphatic heterocycles. The van der Waals surface area contributed by atoms with E-state index in [1.165, 1.54) is 41.3 Å². The summed E-state index contributed by atoms with van der Waals surface area (Å²) in [5.74, 6) is 3.80. The summed E-state index contributed by atoms with van der Waals surface area (Å²) >= 11 is 3.75. The van der Waals surface area contributed by atoms with Gasteiger partial charge in [0.1, 0.15) is 0 Å². The predicted molar refractivity (Wildman–Crippen MR) is 92.8 cm³/mol. The Morgan fingerprint density at radius 3 is 2.64 bits per heavy atom. The lowest BCUT2D eigenvalue weighted by Crippen LogP contribution is -2.40. The van der Waals surface area contributed by atoms with E-state index < -0.39 is 0 Å². The molecule has 0 N–H and O–H groups in total. The van der Waals surface area contributed by atoms with Crippen LogP contribution >= 0.6 is 15.9 Å². The van der Waals surface area contributed by atoms with Gasteiger partial charge in [0.2, 0.25) is 0 Å². The summed E-state index contributed by atoms with van der Waals surface area (Å²) in [4.78, 5) is 0. The zero-order valence-electron chi connectivity index (χ0n) is 12.6. The number of rotatable bonds is 0. The third kappa shape index (κ3) is 1.21. The molecule has 22 heavy (non-hydrogen) atoms. The molecule has 0 nitrogen and oxygen atoms in total. The highest BCUT2D eigenvalue weighted by Gasteiger charge is 2.65. The fourth-order valence-electron chi connectivity index (χ4n) is 6.95. The van der Waals surface area contributed by atoms with Gasteiger partial charge in [0.15, 0.2) is 0 Å². The number of hydrogen-bond donors (Lipinski definition) is 0. The molecule has 0 aromatic heterocycles. The van der Waals surface area contributed by atoms with Crippen molar-refractivity contribution in [2.45, 2.75) is 31.1 Å². The molecule has 4 saturated carbocycles. The van der Waals surface area contributed by atoms with Crippen molar-refractivity contribution >= 4 is 15.9 Å². The van der Waals surface area contributed by atoms with Crippen molar-refractivity contribution in [2.75, 3.05) is 0 Å². The monoisotopic (exact) mass is 350 g/mol. The average molecular weight is 351 g/mol. The van der Waals surface area contributed by atoms with Crippen LogP contribution < -0.4 is 0 Å². The predicted octanol–water partition coefficient (Wildman–Crippen LogP) is 5.78. The Balaban J connectivity index is 1.73.